The summed E-state index contributed by atoms with van der Waals surface area (Å²) in [5.41, 5.74) is -0.256. The minimum absolute atomic E-state index is 0.109. The Bertz CT molecular complexity index is 436. The maximum atomic E-state index is 13.4. The van der Waals surface area contributed by atoms with Crippen LogP contribution in [0.4, 0.5) is 8.78 Å². The van der Waals surface area contributed by atoms with E-state index < -0.39 is 17.2 Å². The maximum absolute atomic E-state index is 13.4. The van der Waals surface area contributed by atoms with Gasteiger partial charge in [-0.2, -0.15) is 0 Å². The molecule has 0 aromatic heterocycles. The Morgan fingerprint density at radius 3 is 2.44 bits per heavy atom. The SMILES string of the molecule is CC(CBr)(CBr)NC(=O)Cc1ccc(F)cc1F. The average molecular weight is 385 g/mol. The summed E-state index contributed by atoms with van der Waals surface area (Å²) < 4.78 is 26.1. The van der Waals surface area contributed by atoms with Gasteiger partial charge in [-0.3, -0.25) is 4.79 Å². The molecule has 0 bridgehead atoms. The second-order valence-corrected chi connectivity index (χ2v) is 5.41. The topological polar surface area (TPSA) is 29.1 Å². The Balaban J connectivity index is 2.70. The van der Waals surface area contributed by atoms with Gasteiger partial charge in [-0.15, -0.1) is 0 Å². The lowest BCUT2D eigenvalue weighted by atomic mass is 10.1. The minimum Gasteiger partial charge on any atom is -0.349 e. The van der Waals surface area contributed by atoms with E-state index in [4.69, 9.17) is 0 Å². The van der Waals surface area contributed by atoms with Gasteiger partial charge in [0.05, 0.1) is 12.0 Å². The first-order valence-corrected chi connectivity index (χ1v) is 7.51. The summed E-state index contributed by atoms with van der Waals surface area (Å²) in [6.45, 7) is 1.86. The van der Waals surface area contributed by atoms with Crippen molar-refractivity contribution in [2.75, 3.05) is 10.7 Å². The Morgan fingerprint density at radius 1 is 1.33 bits per heavy atom. The summed E-state index contributed by atoms with van der Waals surface area (Å²) >= 11 is 6.60. The molecule has 100 valence electrons. The molecular weight excluding hydrogens is 372 g/mol. The lowest BCUT2D eigenvalue weighted by Gasteiger charge is -2.26. The van der Waals surface area contributed by atoms with Gasteiger partial charge in [-0.1, -0.05) is 37.9 Å². The molecule has 0 spiro atoms. The van der Waals surface area contributed by atoms with Gasteiger partial charge in [0.15, 0.2) is 0 Å². The Morgan fingerprint density at radius 2 is 1.94 bits per heavy atom. The zero-order valence-corrected chi connectivity index (χ0v) is 12.9. The molecule has 0 saturated heterocycles. The third-order valence-electron chi connectivity index (χ3n) is 2.40. The molecule has 1 aromatic rings. The van der Waals surface area contributed by atoms with Crippen molar-refractivity contribution in [3.8, 4) is 0 Å². The van der Waals surface area contributed by atoms with E-state index in [9.17, 15) is 13.6 Å². The third-order valence-corrected chi connectivity index (χ3v) is 4.87. The number of carbonyl (C=O) groups is 1. The molecule has 1 rings (SSSR count). The third kappa shape index (κ3) is 4.31. The van der Waals surface area contributed by atoms with Crippen LogP contribution in [0.5, 0.6) is 0 Å². The van der Waals surface area contributed by atoms with E-state index in [0.29, 0.717) is 10.7 Å². The molecule has 18 heavy (non-hydrogen) atoms. The summed E-state index contributed by atoms with van der Waals surface area (Å²) in [5, 5.41) is 3.93. The van der Waals surface area contributed by atoms with Crippen LogP contribution in [-0.4, -0.2) is 22.1 Å². The van der Waals surface area contributed by atoms with Crippen molar-refractivity contribution in [3.63, 3.8) is 0 Å². The van der Waals surface area contributed by atoms with Crippen LogP contribution < -0.4 is 5.32 Å². The smallest absolute Gasteiger partial charge is 0.225 e. The van der Waals surface area contributed by atoms with Crippen molar-refractivity contribution in [2.24, 2.45) is 0 Å². The van der Waals surface area contributed by atoms with E-state index in [1.165, 1.54) is 6.07 Å². The van der Waals surface area contributed by atoms with Crippen molar-refractivity contribution >= 4 is 37.8 Å². The highest BCUT2D eigenvalue weighted by atomic mass is 79.9. The maximum Gasteiger partial charge on any atom is 0.225 e. The number of alkyl halides is 2. The van der Waals surface area contributed by atoms with E-state index in [0.717, 1.165) is 12.1 Å². The molecule has 0 aliphatic rings. The first-order chi connectivity index (χ1) is 8.40. The van der Waals surface area contributed by atoms with Crippen molar-refractivity contribution in [1.82, 2.24) is 5.32 Å². The molecule has 6 heteroatoms. The van der Waals surface area contributed by atoms with Crippen molar-refractivity contribution in [2.45, 2.75) is 18.9 Å². The summed E-state index contributed by atoms with van der Waals surface area (Å²) in [5.74, 6) is -1.66. The number of hydrogen-bond donors (Lipinski definition) is 1. The molecule has 0 heterocycles. The molecule has 0 fully saturated rings. The minimum atomic E-state index is -0.704. The summed E-state index contributed by atoms with van der Waals surface area (Å²) in [7, 11) is 0. The summed E-state index contributed by atoms with van der Waals surface area (Å²) in [6.07, 6.45) is -0.109. The van der Waals surface area contributed by atoms with Crippen LogP contribution in [0.1, 0.15) is 12.5 Å². The largest absolute Gasteiger partial charge is 0.349 e. The Kier molecular flexibility index (Phi) is 5.72. The fourth-order valence-corrected chi connectivity index (χ4v) is 2.53. The van der Waals surface area contributed by atoms with E-state index >= 15 is 0 Å². The van der Waals surface area contributed by atoms with Gasteiger partial charge in [-0.25, -0.2) is 8.78 Å². The normalized spacial score (nSPS) is 11.4. The number of hydrogen-bond acceptors (Lipinski definition) is 1. The number of nitrogens with one attached hydrogen (secondary N) is 1. The van der Waals surface area contributed by atoms with Crippen LogP contribution in [0, 0.1) is 11.6 Å². The zero-order chi connectivity index (χ0) is 13.8. The first kappa shape index (κ1) is 15.6. The second kappa shape index (κ2) is 6.61. The van der Waals surface area contributed by atoms with Gasteiger partial charge in [0.1, 0.15) is 11.6 Å². The van der Waals surface area contributed by atoms with E-state index in [1.54, 1.807) is 0 Å². The Hall–Kier alpha value is -0.490. The van der Waals surface area contributed by atoms with E-state index in [1.807, 2.05) is 6.92 Å². The van der Waals surface area contributed by atoms with Crippen LogP contribution in [0.15, 0.2) is 18.2 Å². The van der Waals surface area contributed by atoms with Crippen LogP contribution in [0.25, 0.3) is 0 Å². The molecule has 0 saturated carbocycles. The monoisotopic (exact) mass is 383 g/mol. The van der Waals surface area contributed by atoms with Crippen LogP contribution >= 0.6 is 31.9 Å². The summed E-state index contributed by atoms with van der Waals surface area (Å²) in [4.78, 5) is 11.8. The van der Waals surface area contributed by atoms with E-state index in [-0.39, 0.29) is 17.9 Å². The Labute approximate surface area is 121 Å². The second-order valence-electron chi connectivity index (χ2n) is 4.29. The van der Waals surface area contributed by atoms with Crippen molar-refractivity contribution < 1.29 is 13.6 Å². The number of benzene rings is 1. The fourth-order valence-electron chi connectivity index (χ4n) is 1.32. The molecule has 2 nitrogen and oxygen atoms in total. The lowest BCUT2D eigenvalue weighted by Crippen LogP contribution is -2.49. The predicted octanol–water partition coefficient (Wildman–Crippen LogP) is 3.17. The van der Waals surface area contributed by atoms with Crippen molar-refractivity contribution in [1.29, 1.82) is 0 Å². The first-order valence-electron chi connectivity index (χ1n) is 5.27. The van der Waals surface area contributed by atoms with Gasteiger partial charge in [-0.05, 0) is 18.6 Å². The fraction of sp³-hybridized carbons (Fsp3) is 0.417. The number of amides is 1. The molecule has 0 atom stereocenters. The number of carbonyl (C=O) groups excluding carboxylic acids is 1. The van der Waals surface area contributed by atoms with Gasteiger partial charge in [0.2, 0.25) is 5.91 Å². The van der Waals surface area contributed by atoms with Gasteiger partial charge >= 0.3 is 0 Å². The van der Waals surface area contributed by atoms with Crippen LogP contribution in [0.2, 0.25) is 0 Å². The van der Waals surface area contributed by atoms with Gasteiger partial charge in [0.25, 0.3) is 0 Å². The highest BCUT2D eigenvalue weighted by Crippen LogP contribution is 2.14. The van der Waals surface area contributed by atoms with Crippen molar-refractivity contribution in [3.05, 3.63) is 35.4 Å². The highest BCUT2D eigenvalue weighted by molar-refractivity contribution is 9.09. The van der Waals surface area contributed by atoms with E-state index in [2.05, 4.69) is 37.2 Å². The standard InChI is InChI=1S/C12H13Br2F2NO/c1-12(6-13,7-14)17-11(18)4-8-2-3-9(15)5-10(8)16/h2-3,5H,4,6-7H2,1H3,(H,17,18). The molecule has 0 aliphatic carbocycles. The zero-order valence-electron chi connectivity index (χ0n) is 9.77. The highest BCUT2D eigenvalue weighted by Gasteiger charge is 2.24. The lowest BCUT2D eigenvalue weighted by molar-refractivity contribution is -0.121. The molecule has 1 aromatic carbocycles. The summed E-state index contributed by atoms with van der Waals surface area (Å²) in [6, 6.07) is 3.19. The number of halogens is 4. The quantitative estimate of drug-likeness (QED) is 0.776. The molecule has 0 unspecified atom stereocenters. The predicted molar refractivity (Wildman–Crippen MR) is 74.2 cm³/mol. The van der Waals surface area contributed by atoms with Crippen LogP contribution in [0.3, 0.4) is 0 Å². The van der Waals surface area contributed by atoms with Gasteiger partial charge < -0.3 is 5.32 Å². The average Bonchev–Trinajstić information content (AvgIpc) is 2.32. The van der Waals surface area contributed by atoms with Gasteiger partial charge in [0, 0.05) is 16.7 Å². The number of rotatable bonds is 5. The molecule has 0 radical (unpaired) electrons. The van der Waals surface area contributed by atoms with Crippen LogP contribution in [-0.2, 0) is 11.2 Å². The molecule has 1 N–H and O–H groups in total. The molecule has 1 amide bonds. The molecule has 0 aliphatic heterocycles. The molecular formula is C12H13Br2F2NO.